The summed E-state index contributed by atoms with van der Waals surface area (Å²) in [6.07, 6.45) is 1.72. The number of carbonyl (C=O) groups excluding carboxylic acids is 2. The minimum atomic E-state index is -0.568. The van der Waals surface area contributed by atoms with Crippen LogP contribution in [0.2, 0.25) is 5.02 Å². The van der Waals surface area contributed by atoms with Crippen molar-refractivity contribution in [3.8, 4) is 5.75 Å². The number of likely N-dealkylation sites (tertiary alicyclic amines) is 1. The van der Waals surface area contributed by atoms with E-state index >= 15 is 0 Å². The van der Waals surface area contributed by atoms with Crippen LogP contribution in [0.3, 0.4) is 0 Å². The molecular formula is C24H30ClN3O3. The van der Waals surface area contributed by atoms with Crippen molar-refractivity contribution in [1.29, 1.82) is 0 Å². The number of halogens is 1. The van der Waals surface area contributed by atoms with Gasteiger partial charge in [-0.25, -0.2) is 4.79 Å². The summed E-state index contributed by atoms with van der Waals surface area (Å²) in [7, 11) is 1.81. The molecule has 1 heterocycles. The van der Waals surface area contributed by atoms with Gasteiger partial charge in [0.15, 0.2) is 6.10 Å². The van der Waals surface area contributed by atoms with Gasteiger partial charge in [-0.3, -0.25) is 4.79 Å². The SMILES string of the molecule is CC[C@H](Oc1ccccc1Cl)C(=O)N(C)CC1CCN(C(=O)Nc2ccccc2)CC1. The van der Waals surface area contributed by atoms with Crippen molar-refractivity contribution in [2.45, 2.75) is 32.3 Å². The van der Waals surface area contributed by atoms with Gasteiger partial charge in [0.2, 0.25) is 0 Å². The Morgan fingerprint density at radius 2 is 1.77 bits per heavy atom. The molecule has 1 N–H and O–H groups in total. The maximum Gasteiger partial charge on any atom is 0.321 e. The summed E-state index contributed by atoms with van der Waals surface area (Å²) >= 11 is 6.17. The fraction of sp³-hybridized carbons (Fsp3) is 0.417. The first-order valence-corrected chi connectivity index (χ1v) is 11.1. The second-order valence-electron chi connectivity index (χ2n) is 7.89. The lowest BCUT2D eigenvalue weighted by molar-refractivity contribution is -0.138. The second-order valence-corrected chi connectivity index (χ2v) is 8.30. The van der Waals surface area contributed by atoms with Crippen LogP contribution >= 0.6 is 11.6 Å². The normalized spacial score (nSPS) is 15.3. The lowest BCUT2D eigenvalue weighted by Gasteiger charge is -2.34. The van der Waals surface area contributed by atoms with E-state index in [4.69, 9.17) is 16.3 Å². The van der Waals surface area contributed by atoms with Gasteiger partial charge in [0.05, 0.1) is 5.02 Å². The summed E-state index contributed by atoms with van der Waals surface area (Å²) in [5, 5.41) is 3.43. The van der Waals surface area contributed by atoms with E-state index < -0.39 is 6.10 Å². The van der Waals surface area contributed by atoms with Gasteiger partial charge >= 0.3 is 6.03 Å². The average molecular weight is 444 g/mol. The number of carbonyl (C=O) groups is 2. The lowest BCUT2D eigenvalue weighted by Crippen LogP contribution is -2.45. The van der Waals surface area contributed by atoms with Gasteiger partial charge in [0, 0.05) is 32.4 Å². The van der Waals surface area contributed by atoms with Gasteiger partial charge in [0.25, 0.3) is 5.91 Å². The Hall–Kier alpha value is -2.73. The van der Waals surface area contributed by atoms with Crippen LogP contribution in [0.4, 0.5) is 10.5 Å². The van der Waals surface area contributed by atoms with Crippen LogP contribution < -0.4 is 10.1 Å². The monoisotopic (exact) mass is 443 g/mol. The maximum atomic E-state index is 12.9. The zero-order valence-corrected chi connectivity index (χ0v) is 18.8. The average Bonchev–Trinajstić information content (AvgIpc) is 2.79. The van der Waals surface area contributed by atoms with Crippen molar-refractivity contribution in [2.75, 3.05) is 32.0 Å². The Kier molecular flexibility index (Phi) is 8.18. The number of nitrogens with zero attached hydrogens (tertiary/aromatic N) is 2. The highest BCUT2D eigenvalue weighted by Crippen LogP contribution is 2.26. The highest BCUT2D eigenvalue weighted by atomic mass is 35.5. The van der Waals surface area contributed by atoms with E-state index in [0.29, 0.717) is 42.7 Å². The Balaban J connectivity index is 1.47. The predicted octanol–water partition coefficient (Wildman–Crippen LogP) is 4.90. The van der Waals surface area contributed by atoms with Crippen molar-refractivity contribution in [1.82, 2.24) is 9.80 Å². The van der Waals surface area contributed by atoms with E-state index in [1.807, 2.05) is 61.3 Å². The molecule has 0 radical (unpaired) electrons. The molecule has 31 heavy (non-hydrogen) atoms. The van der Waals surface area contributed by atoms with E-state index in [9.17, 15) is 9.59 Å². The number of hydrogen-bond donors (Lipinski definition) is 1. The van der Waals surface area contributed by atoms with E-state index in [2.05, 4.69) is 5.32 Å². The Bertz CT molecular complexity index is 869. The largest absolute Gasteiger partial charge is 0.479 e. The lowest BCUT2D eigenvalue weighted by atomic mass is 9.96. The van der Waals surface area contributed by atoms with E-state index in [1.54, 1.807) is 17.0 Å². The van der Waals surface area contributed by atoms with Gasteiger partial charge in [-0.15, -0.1) is 0 Å². The van der Waals surface area contributed by atoms with Crippen LogP contribution in [0.1, 0.15) is 26.2 Å². The number of para-hydroxylation sites is 2. The minimum absolute atomic E-state index is 0.0494. The topological polar surface area (TPSA) is 61.9 Å². The van der Waals surface area contributed by atoms with Gasteiger partial charge in [-0.2, -0.15) is 0 Å². The molecule has 1 fully saturated rings. The van der Waals surface area contributed by atoms with Crippen molar-refractivity contribution >= 4 is 29.2 Å². The molecule has 0 unspecified atom stereocenters. The third-order valence-electron chi connectivity index (χ3n) is 5.59. The molecule has 0 bridgehead atoms. The highest BCUT2D eigenvalue weighted by molar-refractivity contribution is 6.32. The molecule has 2 aromatic rings. The smallest absolute Gasteiger partial charge is 0.321 e. The molecule has 3 rings (SSSR count). The van der Waals surface area contributed by atoms with Crippen molar-refractivity contribution in [3.63, 3.8) is 0 Å². The summed E-state index contributed by atoms with van der Waals surface area (Å²) in [6.45, 7) is 3.93. The second kappa shape index (κ2) is 11.0. The molecule has 2 aromatic carbocycles. The number of benzene rings is 2. The number of urea groups is 1. The molecule has 1 atom stereocenters. The number of amides is 3. The van der Waals surface area contributed by atoms with Crippen molar-refractivity contribution < 1.29 is 14.3 Å². The minimum Gasteiger partial charge on any atom is -0.479 e. The molecule has 3 amide bonds. The Morgan fingerprint density at radius 3 is 2.42 bits per heavy atom. The zero-order chi connectivity index (χ0) is 22.2. The van der Waals surface area contributed by atoms with Crippen molar-refractivity contribution in [2.24, 2.45) is 5.92 Å². The Morgan fingerprint density at radius 1 is 1.13 bits per heavy atom. The summed E-state index contributed by atoms with van der Waals surface area (Å²) in [4.78, 5) is 29.0. The molecule has 1 saturated heterocycles. The van der Waals surface area contributed by atoms with Crippen LogP contribution in [-0.4, -0.2) is 54.5 Å². The van der Waals surface area contributed by atoms with Crippen LogP contribution in [0.5, 0.6) is 5.75 Å². The number of nitrogens with one attached hydrogen (secondary N) is 1. The summed E-state index contributed by atoms with van der Waals surface area (Å²) in [5.41, 5.74) is 0.795. The molecular weight excluding hydrogens is 414 g/mol. The van der Waals surface area contributed by atoms with Gasteiger partial charge in [0.1, 0.15) is 5.75 Å². The summed E-state index contributed by atoms with van der Waals surface area (Å²) in [5.74, 6) is 0.828. The highest BCUT2D eigenvalue weighted by Gasteiger charge is 2.28. The van der Waals surface area contributed by atoms with Crippen LogP contribution in [-0.2, 0) is 4.79 Å². The molecule has 166 valence electrons. The van der Waals surface area contributed by atoms with Crippen LogP contribution in [0.15, 0.2) is 54.6 Å². The third-order valence-corrected chi connectivity index (χ3v) is 5.90. The predicted molar refractivity (Wildman–Crippen MR) is 124 cm³/mol. The molecule has 0 aliphatic carbocycles. The van der Waals surface area contributed by atoms with Crippen molar-refractivity contribution in [3.05, 3.63) is 59.6 Å². The first-order valence-electron chi connectivity index (χ1n) is 10.7. The van der Waals surface area contributed by atoms with Crippen LogP contribution in [0.25, 0.3) is 0 Å². The molecule has 0 aromatic heterocycles. The quantitative estimate of drug-likeness (QED) is 0.662. The van der Waals surface area contributed by atoms with Crippen LogP contribution in [0, 0.1) is 5.92 Å². The molecule has 1 aliphatic rings. The summed E-state index contributed by atoms with van der Waals surface area (Å²) < 4.78 is 5.89. The fourth-order valence-corrected chi connectivity index (χ4v) is 3.95. The number of ether oxygens (including phenoxy) is 1. The van der Waals surface area contributed by atoms with Gasteiger partial charge in [-0.1, -0.05) is 48.9 Å². The number of rotatable bonds is 7. The van der Waals surface area contributed by atoms with E-state index in [1.165, 1.54) is 0 Å². The first kappa shape index (κ1) is 22.9. The third kappa shape index (κ3) is 6.37. The molecule has 7 heteroatoms. The molecule has 0 saturated carbocycles. The van der Waals surface area contributed by atoms with E-state index in [0.717, 1.165) is 18.5 Å². The standard InChI is InChI=1S/C24H30ClN3O3/c1-3-21(31-22-12-8-7-11-20(22)25)23(29)27(2)17-18-13-15-28(16-14-18)24(30)26-19-9-5-4-6-10-19/h4-12,18,21H,3,13-17H2,1-2H3,(H,26,30)/t21-/m0/s1. The zero-order valence-electron chi connectivity index (χ0n) is 18.1. The first-order chi connectivity index (χ1) is 15.0. The molecule has 1 aliphatic heterocycles. The molecule has 0 spiro atoms. The number of hydrogen-bond acceptors (Lipinski definition) is 3. The molecule has 6 nitrogen and oxygen atoms in total. The van der Waals surface area contributed by atoms with E-state index in [-0.39, 0.29) is 11.9 Å². The summed E-state index contributed by atoms with van der Waals surface area (Å²) in [6, 6.07) is 16.6. The number of likely N-dealkylation sites (N-methyl/N-ethyl adjacent to an activating group) is 1. The fourth-order valence-electron chi connectivity index (χ4n) is 3.77. The Labute approximate surface area is 189 Å². The number of anilines is 1. The van der Waals surface area contributed by atoms with Gasteiger partial charge in [-0.05, 0) is 49.4 Å². The van der Waals surface area contributed by atoms with Gasteiger partial charge < -0.3 is 19.9 Å². The number of piperidine rings is 1. The maximum absolute atomic E-state index is 12.9.